The lowest BCUT2D eigenvalue weighted by Gasteiger charge is -2.26. The van der Waals surface area contributed by atoms with E-state index in [9.17, 15) is 14.0 Å². The molecule has 33 heavy (non-hydrogen) atoms. The van der Waals surface area contributed by atoms with Gasteiger partial charge in [0.05, 0.1) is 24.5 Å². The van der Waals surface area contributed by atoms with Gasteiger partial charge in [0, 0.05) is 18.1 Å². The van der Waals surface area contributed by atoms with Gasteiger partial charge in [0.15, 0.2) is 0 Å². The Hall–Kier alpha value is -3.23. The van der Waals surface area contributed by atoms with Crippen molar-refractivity contribution in [2.24, 2.45) is 0 Å². The summed E-state index contributed by atoms with van der Waals surface area (Å²) in [5.41, 5.74) is 3.70. The molecular weight excluding hydrogens is 443 g/mol. The highest BCUT2D eigenvalue weighted by Gasteiger charge is 2.35. The number of thioether (sulfide) groups is 1. The SMILES string of the molecule is Cc1cc(C(=O)OCCOCc2cccnc2)ccc1N1C(=O)CSC1c1ccc(F)cc1. The lowest BCUT2D eigenvalue weighted by molar-refractivity contribution is -0.115. The first-order chi connectivity index (χ1) is 16.0. The smallest absolute Gasteiger partial charge is 0.338 e. The second-order valence-corrected chi connectivity index (χ2v) is 8.60. The van der Waals surface area contributed by atoms with Crippen LogP contribution in [0.15, 0.2) is 67.0 Å². The van der Waals surface area contributed by atoms with E-state index < -0.39 is 5.97 Å². The van der Waals surface area contributed by atoms with Crippen LogP contribution >= 0.6 is 11.8 Å². The van der Waals surface area contributed by atoms with E-state index in [1.165, 1.54) is 23.9 Å². The number of esters is 1. The quantitative estimate of drug-likeness (QED) is 0.355. The average molecular weight is 467 g/mol. The Morgan fingerprint density at radius 2 is 2.00 bits per heavy atom. The van der Waals surface area contributed by atoms with E-state index in [0.717, 1.165) is 22.4 Å². The number of anilines is 1. The molecule has 3 aromatic rings. The molecule has 0 N–H and O–H groups in total. The minimum Gasteiger partial charge on any atom is -0.460 e. The maximum absolute atomic E-state index is 13.3. The summed E-state index contributed by atoms with van der Waals surface area (Å²) >= 11 is 1.49. The molecule has 2 heterocycles. The van der Waals surface area contributed by atoms with E-state index in [1.807, 2.05) is 19.1 Å². The van der Waals surface area contributed by atoms with E-state index in [1.54, 1.807) is 47.6 Å². The van der Waals surface area contributed by atoms with Gasteiger partial charge in [-0.3, -0.25) is 14.7 Å². The van der Waals surface area contributed by atoms with E-state index in [-0.39, 0.29) is 30.3 Å². The van der Waals surface area contributed by atoms with Crippen LogP contribution in [-0.4, -0.2) is 35.8 Å². The minimum absolute atomic E-state index is 0.0292. The molecule has 0 aliphatic carbocycles. The molecular formula is C25H23FN2O4S. The van der Waals surface area contributed by atoms with Gasteiger partial charge in [-0.15, -0.1) is 11.8 Å². The van der Waals surface area contributed by atoms with Gasteiger partial charge in [0.2, 0.25) is 5.91 Å². The minimum atomic E-state index is -0.452. The average Bonchev–Trinajstić information content (AvgIpc) is 3.21. The number of ether oxygens (including phenoxy) is 2. The number of carbonyl (C=O) groups is 2. The third kappa shape index (κ3) is 5.58. The Labute approximate surface area is 195 Å². The van der Waals surface area contributed by atoms with Crippen LogP contribution in [0.5, 0.6) is 0 Å². The number of aryl methyl sites for hydroxylation is 1. The van der Waals surface area contributed by atoms with Gasteiger partial charge in [-0.2, -0.15) is 0 Å². The Morgan fingerprint density at radius 3 is 2.73 bits per heavy atom. The number of halogens is 1. The molecule has 170 valence electrons. The molecule has 1 aliphatic rings. The number of hydrogen-bond donors (Lipinski definition) is 0. The van der Waals surface area contributed by atoms with E-state index in [2.05, 4.69) is 4.98 Å². The number of rotatable bonds is 8. The van der Waals surface area contributed by atoms with Crippen LogP contribution in [-0.2, 0) is 20.9 Å². The largest absolute Gasteiger partial charge is 0.460 e. The summed E-state index contributed by atoms with van der Waals surface area (Å²) in [7, 11) is 0. The number of benzene rings is 2. The monoisotopic (exact) mass is 466 g/mol. The number of carbonyl (C=O) groups excluding carboxylic acids is 2. The zero-order chi connectivity index (χ0) is 23.2. The third-order valence-corrected chi connectivity index (χ3v) is 6.38. The first kappa shape index (κ1) is 22.9. The topological polar surface area (TPSA) is 68.7 Å². The van der Waals surface area contributed by atoms with Crippen LogP contribution in [0.1, 0.15) is 32.4 Å². The van der Waals surface area contributed by atoms with Crippen LogP contribution in [0.4, 0.5) is 10.1 Å². The van der Waals surface area contributed by atoms with Gasteiger partial charge in [-0.05, 0) is 60.0 Å². The first-order valence-electron chi connectivity index (χ1n) is 10.5. The molecule has 6 nitrogen and oxygen atoms in total. The highest BCUT2D eigenvalue weighted by atomic mass is 32.2. The first-order valence-corrected chi connectivity index (χ1v) is 11.5. The second-order valence-electron chi connectivity index (χ2n) is 7.53. The van der Waals surface area contributed by atoms with Gasteiger partial charge in [0.25, 0.3) is 0 Å². The van der Waals surface area contributed by atoms with E-state index in [4.69, 9.17) is 9.47 Å². The van der Waals surface area contributed by atoms with Crippen molar-refractivity contribution in [3.8, 4) is 0 Å². The van der Waals surface area contributed by atoms with Gasteiger partial charge >= 0.3 is 5.97 Å². The molecule has 0 bridgehead atoms. The molecule has 0 saturated carbocycles. The summed E-state index contributed by atoms with van der Waals surface area (Å²) in [4.78, 5) is 30.8. The van der Waals surface area contributed by atoms with Crippen molar-refractivity contribution in [2.75, 3.05) is 23.9 Å². The maximum Gasteiger partial charge on any atom is 0.338 e. The molecule has 2 aromatic carbocycles. The molecule has 1 atom stereocenters. The number of nitrogens with zero attached hydrogens (tertiary/aromatic N) is 2. The van der Waals surface area contributed by atoms with Crippen LogP contribution < -0.4 is 4.90 Å². The summed E-state index contributed by atoms with van der Waals surface area (Å²) in [6.07, 6.45) is 3.42. The van der Waals surface area contributed by atoms with Gasteiger partial charge in [-0.25, -0.2) is 9.18 Å². The van der Waals surface area contributed by atoms with Crippen molar-refractivity contribution < 1.29 is 23.5 Å². The predicted molar refractivity (Wildman–Crippen MR) is 124 cm³/mol. The van der Waals surface area contributed by atoms with Crippen LogP contribution in [0.3, 0.4) is 0 Å². The summed E-state index contributed by atoms with van der Waals surface area (Å²) in [6.45, 7) is 2.65. The molecule has 0 radical (unpaired) electrons. The fraction of sp³-hybridized carbons (Fsp3) is 0.240. The van der Waals surface area contributed by atoms with Crippen molar-refractivity contribution in [3.63, 3.8) is 0 Å². The van der Waals surface area contributed by atoms with Crippen LogP contribution in [0.25, 0.3) is 0 Å². The van der Waals surface area contributed by atoms with Crippen molar-refractivity contribution in [2.45, 2.75) is 18.9 Å². The van der Waals surface area contributed by atoms with Crippen molar-refractivity contribution in [3.05, 3.63) is 95.1 Å². The second kappa shape index (κ2) is 10.6. The lowest BCUT2D eigenvalue weighted by atomic mass is 10.1. The van der Waals surface area contributed by atoms with E-state index >= 15 is 0 Å². The molecule has 1 aromatic heterocycles. The molecule has 1 unspecified atom stereocenters. The van der Waals surface area contributed by atoms with Gasteiger partial charge in [-0.1, -0.05) is 18.2 Å². The molecule has 1 fully saturated rings. The predicted octanol–water partition coefficient (Wildman–Crippen LogP) is 4.68. The van der Waals surface area contributed by atoms with Gasteiger partial charge < -0.3 is 9.47 Å². The number of hydrogen-bond acceptors (Lipinski definition) is 6. The highest BCUT2D eigenvalue weighted by Crippen LogP contribution is 2.42. The van der Waals surface area contributed by atoms with Crippen molar-refractivity contribution >= 4 is 29.3 Å². The number of pyridine rings is 1. The van der Waals surface area contributed by atoms with E-state index in [0.29, 0.717) is 17.9 Å². The lowest BCUT2D eigenvalue weighted by Crippen LogP contribution is -2.28. The standard InChI is InChI=1S/C25H23FN2O4S/c1-17-13-20(25(30)32-12-11-31-15-18-3-2-10-27-14-18)6-9-22(17)28-23(29)16-33-24(28)19-4-7-21(26)8-5-19/h2-10,13-14,24H,11-12,15-16H2,1H3. The summed E-state index contributed by atoms with van der Waals surface area (Å²) in [5.74, 6) is -0.462. The summed E-state index contributed by atoms with van der Waals surface area (Å²) in [5, 5.41) is -0.244. The number of amides is 1. The van der Waals surface area contributed by atoms with Crippen molar-refractivity contribution in [1.29, 1.82) is 0 Å². The Kier molecular flexibility index (Phi) is 7.36. The number of aromatic nitrogens is 1. The van der Waals surface area contributed by atoms with Crippen LogP contribution in [0, 0.1) is 12.7 Å². The molecule has 1 saturated heterocycles. The molecule has 4 rings (SSSR count). The zero-order valence-corrected chi connectivity index (χ0v) is 18.9. The molecule has 1 aliphatic heterocycles. The van der Waals surface area contributed by atoms with Crippen LogP contribution in [0.2, 0.25) is 0 Å². The zero-order valence-electron chi connectivity index (χ0n) is 18.1. The Balaban J connectivity index is 1.37. The fourth-order valence-corrected chi connectivity index (χ4v) is 4.73. The molecule has 8 heteroatoms. The fourth-order valence-electron chi connectivity index (χ4n) is 3.56. The van der Waals surface area contributed by atoms with Crippen molar-refractivity contribution in [1.82, 2.24) is 4.98 Å². The van der Waals surface area contributed by atoms with Gasteiger partial charge in [0.1, 0.15) is 17.8 Å². The maximum atomic E-state index is 13.3. The Morgan fingerprint density at radius 1 is 1.18 bits per heavy atom. The highest BCUT2D eigenvalue weighted by molar-refractivity contribution is 8.00. The summed E-state index contributed by atoms with van der Waals surface area (Å²) in [6, 6.07) is 15.0. The molecule has 1 amide bonds. The normalized spacial score (nSPS) is 15.6. The Bertz CT molecular complexity index is 1130. The third-order valence-electron chi connectivity index (χ3n) is 5.17. The molecule has 0 spiro atoms. The summed E-state index contributed by atoms with van der Waals surface area (Å²) < 4.78 is 24.1.